The summed E-state index contributed by atoms with van der Waals surface area (Å²) in [5.74, 6) is 0.312. The number of hydrogen-bond acceptors (Lipinski definition) is 3. The van der Waals surface area contributed by atoms with Crippen LogP contribution in [0.3, 0.4) is 0 Å². The highest BCUT2D eigenvalue weighted by Crippen LogP contribution is 2.26. The van der Waals surface area contributed by atoms with Crippen molar-refractivity contribution in [1.82, 2.24) is 5.32 Å². The third-order valence-corrected chi connectivity index (χ3v) is 4.72. The van der Waals surface area contributed by atoms with E-state index in [9.17, 15) is 4.79 Å². The predicted molar refractivity (Wildman–Crippen MR) is 88.0 cm³/mol. The number of rotatable bonds is 3. The molecule has 0 aliphatic carbocycles. The molecule has 0 bridgehead atoms. The van der Waals surface area contributed by atoms with Gasteiger partial charge in [-0.1, -0.05) is 18.2 Å². The Bertz CT molecular complexity index is 515. The summed E-state index contributed by atoms with van der Waals surface area (Å²) in [7, 11) is 0. The third-order valence-electron chi connectivity index (χ3n) is 4.72. The van der Waals surface area contributed by atoms with E-state index >= 15 is 0 Å². The summed E-state index contributed by atoms with van der Waals surface area (Å²) < 4.78 is 5.72. The molecule has 1 N–H and O–H groups in total. The number of hydrogen-bond donors (Lipinski definition) is 1. The fraction of sp³-hybridized carbons (Fsp3) is 0.611. The fourth-order valence-electron chi connectivity index (χ4n) is 3.52. The monoisotopic (exact) mass is 302 g/mol. The van der Waals surface area contributed by atoms with Gasteiger partial charge >= 0.3 is 0 Å². The summed E-state index contributed by atoms with van der Waals surface area (Å²) in [5, 5.41) is 3.24. The molecule has 0 unspecified atom stereocenters. The number of benzene rings is 1. The van der Waals surface area contributed by atoms with Gasteiger partial charge in [-0.2, -0.15) is 0 Å². The smallest absolute Gasteiger partial charge is 0.225 e. The lowest BCUT2D eigenvalue weighted by atomic mass is 9.93. The van der Waals surface area contributed by atoms with Gasteiger partial charge in [-0.05, 0) is 45.2 Å². The number of amides is 1. The van der Waals surface area contributed by atoms with Crippen molar-refractivity contribution in [1.29, 1.82) is 0 Å². The van der Waals surface area contributed by atoms with Crippen molar-refractivity contribution in [2.75, 3.05) is 24.6 Å². The number of para-hydroxylation sites is 1. The largest absolute Gasteiger partial charge is 0.375 e. The van der Waals surface area contributed by atoms with Gasteiger partial charge in [0.25, 0.3) is 0 Å². The fourth-order valence-corrected chi connectivity index (χ4v) is 3.52. The molecule has 0 aromatic heterocycles. The number of ether oxygens (including phenoxy) is 1. The van der Waals surface area contributed by atoms with Gasteiger partial charge in [-0.15, -0.1) is 0 Å². The van der Waals surface area contributed by atoms with Crippen LogP contribution in [0.25, 0.3) is 0 Å². The zero-order valence-electron chi connectivity index (χ0n) is 13.5. The second-order valence-electron chi connectivity index (χ2n) is 7.07. The molecule has 2 heterocycles. The number of anilines is 1. The Morgan fingerprint density at radius 2 is 2.05 bits per heavy atom. The van der Waals surface area contributed by atoms with Gasteiger partial charge in [-0.25, -0.2) is 0 Å². The Labute approximate surface area is 132 Å². The Morgan fingerprint density at radius 1 is 1.27 bits per heavy atom. The van der Waals surface area contributed by atoms with Crippen molar-refractivity contribution in [2.45, 2.75) is 44.8 Å². The van der Waals surface area contributed by atoms with Gasteiger partial charge in [0.1, 0.15) is 0 Å². The van der Waals surface area contributed by atoms with E-state index in [1.165, 1.54) is 5.69 Å². The molecule has 0 saturated carbocycles. The Morgan fingerprint density at radius 3 is 2.77 bits per heavy atom. The second kappa shape index (κ2) is 6.29. The molecule has 4 nitrogen and oxygen atoms in total. The molecule has 1 aromatic carbocycles. The van der Waals surface area contributed by atoms with E-state index in [2.05, 4.69) is 36.2 Å². The summed E-state index contributed by atoms with van der Waals surface area (Å²) in [6, 6.07) is 10.6. The summed E-state index contributed by atoms with van der Waals surface area (Å²) in [6.07, 6.45) is 2.76. The SMILES string of the molecule is CC1(C)C[C@H](NC(=O)[C@@H]2CCN(c3ccccc3)C2)CCO1. The maximum atomic E-state index is 12.5. The third kappa shape index (κ3) is 3.61. The molecule has 1 amide bonds. The van der Waals surface area contributed by atoms with Gasteiger partial charge in [0.15, 0.2) is 0 Å². The predicted octanol–water partition coefficient (Wildman–Crippen LogP) is 2.59. The molecule has 0 spiro atoms. The van der Waals surface area contributed by atoms with Crippen molar-refractivity contribution in [2.24, 2.45) is 5.92 Å². The van der Waals surface area contributed by atoms with E-state index in [1.54, 1.807) is 0 Å². The van der Waals surface area contributed by atoms with Crippen LogP contribution < -0.4 is 10.2 Å². The first kappa shape index (κ1) is 15.3. The molecule has 2 atom stereocenters. The normalized spacial score (nSPS) is 27.6. The first-order chi connectivity index (χ1) is 10.5. The molecule has 22 heavy (non-hydrogen) atoms. The number of carbonyl (C=O) groups is 1. The molecular formula is C18H26N2O2. The lowest BCUT2D eigenvalue weighted by Crippen LogP contribution is -2.47. The molecule has 120 valence electrons. The average Bonchev–Trinajstić information content (AvgIpc) is 2.97. The van der Waals surface area contributed by atoms with Crippen LogP contribution in [0.4, 0.5) is 5.69 Å². The van der Waals surface area contributed by atoms with E-state index in [0.29, 0.717) is 0 Å². The Hall–Kier alpha value is -1.55. The van der Waals surface area contributed by atoms with Crippen LogP contribution in [0.1, 0.15) is 33.1 Å². The Kier molecular flexibility index (Phi) is 4.39. The van der Waals surface area contributed by atoms with Crippen LogP contribution in [0.15, 0.2) is 30.3 Å². The molecule has 2 saturated heterocycles. The van der Waals surface area contributed by atoms with E-state index < -0.39 is 0 Å². The zero-order valence-corrected chi connectivity index (χ0v) is 13.5. The first-order valence-corrected chi connectivity index (χ1v) is 8.28. The standard InChI is InChI=1S/C18H26N2O2/c1-18(2)12-15(9-11-22-18)19-17(21)14-8-10-20(13-14)16-6-4-3-5-7-16/h3-7,14-15H,8-13H2,1-2H3,(H,19,21)/t14-,15-/m1/s1. The summed E-state index contributed by atoms with van der Waals surface area (Å²) >= 11 is 0. The minimum absolute atomic E-state index is 0.103. The van der Waals surface area contributed by atoms with Crippen molar-refractivity contribution >= 4 is 11.6 Å². The molecule has 1 aromatic rings. The van der Waals surface area contributed by atoms with Crippen LogP contribution in [-0.4, -0.2) is 37.2 Å². The van der Waals surface area contributed by atoms with Crippen LogP contribution >= 0.6 is 0 Å². The van der Waals surface area contributed by atoms with E-state index in [4.69, 9.17) is 4.74 Å². The Balaban J connectivity index is 1.53. The van der Waals surface area contributed by atoms with Gasteiger partial charge in [0, 0.05) is 31.4 Å². The molecule has 3 rings (SSSR count). The van der Waals surface area contributed by atoms with Crippen LogP contribution in [0.2, 0.25) is 0 Å². The number of nitrogens with zero attached hydrogens (tertiary/aromatic N) is 1. The van der Waals surface area contributed by atoms with Crippen molar-refractivity contribution in [3.8, 4) is 0 Å². The zero-order chi connectivity index (χ0) is 15.6. The molecular weight excluding hydrogens is 276 g/mol. The average molecular weight is 302 g/mol. The number of nitrogens with one attached hydrogen (secondary N) is 1. The van der Waals surface area contributed by atoms with E-state index in [-0.39, 0.29) is 23.5 Å². The van der Waals surface area contributed by atoms with Crippen molar-refractivity contribution in [3.05, 3.63) is 30.3 Å². The highest BCUT2D eigenvalue weighted by Gasteiger charge is 2.33. The lowest BCUT2D eigenvalue weighted by Gasteiger charge is -2.36. The van der Waals surface area contributed by atoms with E-state index in [1.807, 2.05) is 18.2 Å². The molecule has 2 aliphatic heterocycles. The quantitative estimate of drug-likeness (QED) is 0.933. The number of carbonyl (C=O) groups excluding carboxylic acids is 1. The highest BCUT2D eigenvalue weighted by molar-refractivity contribution is 5.80. The maximum Gasteiger partial charge on any atom is 0.225 e. The lowest BCUT2D eigenvalue weighted by molar-refractivity contribution is -0.127. The second-order valence-corrected chi connectivity index (χ2v) is 7.07. The summed E-state index contributed by atoms with van der Waals surface area (Å²) in [6.45, 7) is 6.71. The van der Waals surface area contributed by atoms with Gasteiger partial charge in [0.05, 0.1) is 11.5 Å². The maximum absolute atomic E-state index is 12.5. The topological polar surface area (TPSA) is 41.6 Å². The molecule has 2 fully saturated rings. The minimum atomic E-state index is -0.123. The molecule has 4 heteroatoms. The molecule has 2 aliphatic rings. The van der Waals surface area contributed by atoms with Crippen LogP contribution in [0, 0.1) is 5.92 Å². The molecule has 0 radical (unpaired) electrons. The van der Waals surface area contributed by atoms with Crippen molar-refractivity contribution in [3.63, 3.8) is 0 Å². The summed E-state index contributed by atoms with van der Waals surface area (Å²) in [5.41, 5.74) is 1.09. The van der Waals surface area contributed by atoms with Crippen molar-refractivity contribution < 1.29 is 9.53 Å². The van der Waals surface area contributed by atoms with Crippen LogP contribution in [0.5, 0.6) is 0 Å². The first-order valence-electron chi connectivity index (χ1n) is 8.28. The van der Waals surface area contributed by atoms with Crippen LogP contribution in [-0.2, 0) is 9.53 Å². The van der Waals surface area contributed by atoms with E-state index in [0.717, 1.165) is 39.0 Å². The highest BCUT2D eigenvalue weighted by atomic mass is 16.5. The van der Waals surface area contributed by atoms with Gasteiger partial charge < -0.3 is 15.0 Å². The summed E-state index contributed by atoms with van der Waals surface area (Å²) in [4.78, 5) is 14.8. The minimum Gasteiger partial charge on any atom is -0.375 e. The van der Waals surface area contributed by atoms with Gasteiger partial charge in [-0.3, -0.25) is 4.79 Å². The van der Waals surface area contributed by atoms with Gasteiger partial charge in [0.2, 0.25) is 5.91 Å².